The van der Waals surface area contributed by atoms with Gasteiger partial charge in [0.05, 0.1) is 0 Å². The Labute approximate surface area is 420 Å². The lowest BCUT2D eigenvalue weighted by Crippen LogP contribution is -2.18. The summed E-state index contributed by atoms with van der Waals surface area (Å²) in [5.74, 6) is 0. The van der Waals surface area contributed by atoms with Crippen LogP contribution in [0.1, 0.15) is 49.9 Å². The molecular formula is C70H49NO. The largest absolute Gasteiger partial charge is 0.456 e. The van der Waals surface area contributed by atoms with Gasteiger partial charge < -0.3 is 9.32 Å². The van der Waals surface area contributed by atoms with E-state index in [-0.39, 0.29) is 10.8 Å². The third-order valence-corrected chi connectivity index (χ3v) is 16.6. The third kappa shape index (κ3) is 5.84. The van der Waals surface area contributed by atoms with Gasteiger partial charge in [0.25, 0.3) is 0 Å². The molecule has 12 aromatic rings. The molecule has 340 valence electrons. The van der Waals surface area contributed by atoms with Crippen molar-refractivity contribution in [3.05, 3.63) is 247 Å². The SMILES string of the molecule is CC1(C)c2cc(-c3ccccc3)ccc2-c2ccc(N(c3ccc(-c4ccc5c6c(cccc46)-c4ccccc4-5)cc3)c3ccc4c(c3)C(C)(C)c3cc(-c5ccc6c(c5)oc5ccccc56)ccc3-4)cc21. The molecule has 0 atom stereocenters. The molecule has 11 aromatic carbocycles. The van der Waals surface area contributed by atoms with E-state index in [1.165, 1.54) is 105 Å². The van der Waals surface area contributed by atoms with E-state index in [0.29, 0.717) is 0 Å². The lowest BCUT2D eigenvalue weighted by molar-refractivity contribution is 0.660. The number of anilines is 3. The van der Waals surface area contributed by atoms with Gasteiger partial charge in [0.2, 0.25) is 0 Å². The summed E-state index contributed by atoms with van der Waals surface area (Å²) in [6.07, 6.45) is 0. The molecule has 0 bridgehead atoms. The van der Waals surface area contributed by atoms with E-state index < -0.39 is 0 Å². The second-order valence-electron chi connectivity index (χ2n) is 21.2. The number of para-hydroxylation sites is 1. The van der Waals surface area contributed by atoms with Gasteiger partial charge in [0.15, 0.2) is 0 Å². The first-order valence-electron chi connectivity index (χ1n) is 25.3. The second-order valence-corrected chi connectivity index (χ2v) is 21.2. The quantitative estimate of drug-likeness (QED) is 0.165. The Morgan fingerprint density at radius 1 is 0.278 bits per heavy atom. The normalized spacial score (nSPS) is 14.1. The monoisotopic (exact) mass is 919 g/mol. The van der Waals surface area contributed by atoms with E-state index >= 15 is 0 Å². The number of nitrogens with zero attached hydrogens (tertiary/aromatic N) is 1. The molecule has 0 aliphatic heterocycles. The summed E-state index contributed by atoms with van der Waals surface area (Å²) in [5, 5.41) is 4.94. The smallest absolute Gasteiger partial charge is 0.136 e. The number of fused-ring (bicyclic) bond motifs is 12. The number of hydrogen-bond donors (Lipinski definition) is 0. The van der Waals surface area contributed by atoms with E-state index in [9.17, 15) is 0 Å². The minimum absolute atomic E-state index is 0.204. The maximum Gasteiger partial charge on any atom is 0.136 e. The van der Waals surface area contributed by atoms with Crippen molar-refractivity contribution < 1.29 is 4.42 Å². The summed E-state index contributed by atoms with van der Waals surface area (Å²) < 4.78 is 6.34. The van der Waals surface area contributed by atoms with Crippen molar-refractivity contribution in [3.63, 3.8) is 0 Å². The van der Waals surface area contributed by atoms with Gasteiger partial charge in [-0.2, -0.15) is 0 Å². The fourth-order valence-corrected chi connectivity index (χ4v) is 12.9. The van der Waals surface area contributed by atoms with E-state index in [0.717, 1.165) is 44.6 Å². The Hall–Kier alpha value is -8.72. The van der Waals surface area contributed by atoms with Crippen LogP contribution in [0, 0.1) is 0 Å². The summed E-state index contributed by atoms with van der Waals surface area (Å²) in [7, 11) is 0. The molecule has 1 aromatic heterocycles. The Balaban J connectivity index is 0.843. The van der Waals surface area contributed by atoms with Gasteiger partial charge in [-0.3, -0.25) is 0 Å². The summed E-state index contributed by atoms with van der Waals surface area (Å²) in [5.41, 5.74) is 28.0. The summed E-state index contributed by atoms with van der Waals surface area (Å²) in [6, 6.07) is 83.7. The Kier molecular flexibility index (Phi) is 8.51. The van der Waals surface area contributed by atoms with Crippen LogP contribution < -0.4 is 4.90 Å². The summed E-state index contributed by atoms with van der Waals surface area (Å²) >= 11 is 0. The van der Waals surface area contributed by atoms with Crippen molar-refractivity contribution in [3.8, 4) is 77.9 Å². The molecule has 0 spiro atoms. The van der Waals surface area contributed by atoms with Crippen LogP contribution in [0.25, 0.3) is 111 Å². The van der Waals surface area contributed by atoms with Gasteiger partial charge in [-0.1, -0.05) is 185 Å². The zero-order valence-corrected chi connectivity index (χ0v) is 40.7. The maximum absolute atomic E-state index is 6.34. The fraction of sp³-hybridized carbons (Fsp3) is 0.0857. The van der Waals surface area contributed by atoms with Crippen molar-refractivity contribution in [2.75, 3.05) is 4.90 Å². The zero-order chi connectivity index (χ0) is 48.0. The minimum atomic E-state index is -0.247. The van der Waals surface area contributed by atoms with Crippen molar-refractivity contribution in [1.29, 1.82) is 0 Å². The highest BCUT2D eigenvalue weighted by Gasteiger charge is 2.38. The van der Waals surface area contributed by atoms with Gasteiger partial charge in [0.1, 0.15) is 11.2 Å². The predicted molar refractivity (Wildman–Crippen MR) is 302 cm³/mol. The molecule has 0 amide bonds. The Bertz CT molecular complexity index is 4230. The number of benzene rings is 11. The van der Waals surface area contributed by atoms with E-state index in [1.54, 1.807) is 0 Å². The molecule has 3 aliphatic carbocycles. The van der Waals surface area contributed by atoms with Crippen LogP contribution in [0.15, 0.2) is 229 Å². The average molecular weight is 920 g/mol. The average Bonchev–Trinajstić information content (AvgIpc) is 4.10. The molecule has 0 saturated carbocycles. The first-order valence-corrected chi connectivity index (χ1v) is 25.3. The van der Waals surface area contributed by atoms with Crippen molar-refractivity contribution in [2.24, 2.45) is 0 Å². The molecule has 3 aliphatic rings. The molecule has 0 N–H and O–H groups in total. The van der Waals surface area contributed by atoms with Gasteiger partial charge in [-0.25, -0.2) is 0 Å². The molecule has 2 heteroatoms. The third-order valence-electron chi connectivity index (χ3n) is 16.6. The second kappa shape index (κ2) is 14.9. The number of rotatable bonds is 6. The van der Waals surface area contributed by atoms with Crippen molar-refractivity contribution in [1.82, 2.24) is 0 Å². The van der Waals surface area contributed by atoms with Crippen molar-refractivity contribution >= 4 is 49.8 Å². The standard InChI is InChI=1S/C70H49NO/c1-69(2)62-37-44(42-13-6-5-7-14-42)23-30-53(62)55-33-28-48(40-64(55)69)71(47-26-21-43(22-27-47)50-35-36-61-52-16-9-8-15-51(52)60-19-12-18-59(50)68(60)61)49-29-34-56-54-31-24-45(38-63(54)70(3,4)65(56)41-49)46-25-32-58-57-17-10-11-20-66(57)72-67(58)39-46/h5-41H,1-4H3. The molecule has 0 unspecified atom stereocenters. The topological polar surface area (TPSA) is 16.4 Å². The molecular weight excluding hydrogens is 871 g/mol. The summed E-state index contributed by atoms with van der Waals surface area (Å²) in [4.78, 5) is 2.48. The van der Waals surface area contributed by atoms with Crippen LogP contribution in [0.5, 0.6) is 0 Å². The van der Waals surface area contributed by atoms with E-state index in [4.69, 9.17) is 4.42 Å². The van der Waals surface area contributed by atoms with Gasteiger partial charge in [-0.15, -0.1) is 0 Å². The molecule has 0 fully saturated rings. The molecule has 0 saturated heterocycles. The van der Waals surface area contributed by atoms with E-state index in [2.05, 4.69) is 251 Å². The van der Waals surface area contributed by atoms with Gasteiger partial charge >= 0.3 is 0 Å². The molecule has 72 heavy (non-hydrogen) atoms. The number of furan rings is 1. The van der Waals surface area contributed by atoms with Crippen LogP contribution in [0.4, 0.5) is 17.1 Å². The van der Waals surface area contributed by atoms with Gasteiger partial charge in [0, 0.05) is 38.7 Å². The van der Waals surface area contributed by atoms with Crippen LogP contribution in [-0.2, 0) is 10.8 Å². The van der Waals surface area contributed by atoms with E-state index in [1.807, 2.05) is 6.07 Å². The molecule has 1 heterocycles. The lowest BCUT2D eigenvalue weighted by Gasteiger charge is -2.30. The highest BCUT2D eigenvalue weighted by atomic mass is 16.3. The fourth-order valence-electron chi connectivity index (χ4n) is 12.9. The van der Waals surface area contributed by atoms with Crippen LogP contribution in [0.3, 0.4) is 0 Å². The predicted octanol–water partition coefficient (Wildman–Crippen LogP) is 19.5. The Morgan fingerprint density at radius 3 is 1.39 bits per heavy atom. The molecule has 2 nitrogen and oxygen atoms in total. The Morgan fingerprint density at radius 2 is 0.722 bits per heavy atom. The zero-order valence-electron chi connectivity index (χ0n) is 40.7. The van der Waals surface area contributed by atoms with Crippen LogP contribution in [0.2, 0.25) is 0 Å². The maximum atomic E-state index is 6.34. The van der Waals surface area contributed by atoms with Crippen molar-refractivity contribution in [2.45, 2.75) is 38.5 Å². The minimum Gasteiger partial charge on any atom is -0.456 e. The number of hydrogen-bond acceptors (Lipinski definition) is 2. The first-order chi connectivity index (χ1) is 35.2. The van der Waals surface area contributed by atoms with Crippen LogP contribution in [-0.4, -0.2) is 0 Å². The molecule has 15 rings (SSSR count). The summed E-state index contributed by atoms with van der Waals surface area (Å²) in [6.45, 7) is 9.57. The first kappa shape index (κ1) is 41.1. The highest BCUT2D eigenvalue weighted by molar-refractivity contribution is 6.18. The highest BCUT2D eigenvalue weighted by Crippen LogP contribution is 2.55. The van der Waals surface area contributed by atoms with Gasteiger partial charge in [-0.05, 0) is 178 Å². The molecule has 0 radical (unpaired) electrons. The van der Waals surface area contributed by atoms with Crippen LogP contribution >= 0.6 is 0 Å². The lowest BCUT2D eigenvalue weighted by atomic mass is 9.81.